The minimum Gasteiger partial charge on any atom is -0.489 e. The predicted octanol–water partition coefficient (Wildman–Crippen LogP) is 10.9. The molecule has 6 heteroatoms. The maximum atomic E-state index is 5.97. The maximum absolute atomic E-state index is 5.97. The third-order valence-corrected chi connectivity index (χ3v) is 10.3. The summed E-state index contributed by atoms with van der Waals surface area (Å²) < 4.78 is 23.4. The first kappa shape index (κ1) is 38.0. The Balaban J connectivity index is 0.000000190. The lowest BCUT2D eigenvalue weighted by molar-refractivity contribution is -0.105. The second kappa shape index (κ2) is 20.4. The summed E-state index contributed by atoms with van der Waals surface area (Å²) in [4.78, 5) is 2.46. The molecule has 3 fully saturated rings. The normalized spacial score (nSPS) is 17.0. The molecule has 3 saturated heterocycles. The number of nitrogens with zero attached hydrogens (tertiary/aromatic N) is 1. The molecule has 5 aromatic carbocycles. The van der Waals surface area contributed by atoms with Gasteiger partial charge in [-0.15, -0.1) is 0 Å². The van der Waals surface area contributed by atoms with Crippen LogP contribution in [0.3, 0.4) is 0 Å². The summed E-state index contributed by atoms with van der Waals surface area (Å²) in [6.45, 7) is 6.30. The topological polar surface area (TPSA) is 52.2 Å². The monoisotopic (exact) mass is 734 g/mol. The SMILES string of the molecule is C(=C1CCN(c2ccc(OC3CCCCO3)cc2)CC1)c1ccc(OCc2ccccc2)cc1.C(=C1CCNCC1)c1ccc(OCc2ccccc2)cc1. The van der Waals surface area contributed by atoms with Gasteiger partial charge in [-0.3, -0.25) is 0 Å². The zero-order valence-corrected chi connectivity index (χ0v) is 31.9. The number of rotatable bonds is 11. The minimum atomic E-state index is -0.0910. The van der Waals surface area contributed by atoms with Gasteiger partial charge in [0.1, 0.15) is 30.5 Å². The molecule has 55 heavy (non-hydrogen) atoms. The van der Waals surface area contributed by atoms with E-state index in [1.54, 1.807) is 0 Å². The van der Waals surface area contributed by atoms with Crippen LogP contribution in [0, 0.1) is 0 Å². The lowest BCUT2D eigenvalue weighted by Gasteiger charge is -2.31. The molecule has 1 atom stereocenters. The average Bonchev–Trinajstić information content (AvgIpc) is 3.25. The average molecular weight is 735 g/mol. The highest BCUT2D eigenvalue weighted by molar-refractivity contribution is 5.57. The van der Waals surface area contributed by atoms with E-state index in [9.17, 15) is 0 Å². The molecule has 0 bridgehead atoms. The number of hydrogen-bond donors (Lipinski definition) is 1. The van der Waals surface area contributed by atoms with Crippen molar-refractivity contribution in [3.63, 3.8) is 0 Å². The van der Waals surface area contributed by atoms with E-state index in [4.69, 9.17) is 18.9 Å². The fraction of sp³-hybridized carbons (Fsp3) is 0.306. The summed E-state index contributed by atoms with van der Waals surface area (Å²) in [5.74, 6) is 2.72. The molecular formula is C49H54N2O4. The number of piperidine rings is 2. The first-order chi connectivity index (χ1) is 27.2. The van der Waals surface area contributed by atoms with Crippen LogP contribution in [-0.2, 0) is 18.0 Å². The Hall–Kier alpha value is -5.30. The molecule has 0 spiro atoms. The van der Waals surface area contributed by atoms with Crippen molar-refractivity contribution in [1.82, 2.24) is 5.32 Å². The Morgan fingerprint density at radius 2 is 1.07 bits per heavy atom. The number of benzene rings is 5. The van der Waals surface area contributed by atoms with Gasteiger partial charge in [0.15, 0.2) is 6.29 Å². The van der Waals surface area contributed by atoms with E-state index in [1.165, 1.54) is 45.5 Å². The number of ether oxygens (including phenoxy) is 4. The van der Waals surface area contributed by atoms with Gasteiger partial charge in [-0.05, 0) is 122 Å². The summed E-state index contributed by atoms with van der Waals surface area (Å²) in [6.07, 6.45) is 12.3. The fourth-order valence-corrected chi connectivity index (χ4v) is 7.05. The molecule has 0 aliphatic carbocycles. The Labute approximate surface area is 327 Å². The van der Waals surface area contributed by atoms with Crippen LogP contribution >= 0.6 is 0 Å². The van der Waals surface area contributed by atoms with Gasteiger partial charge < -0.3 is 29.2 Å². The van der Waals surface area contributed by atoms with Gasteiger partial charge in [0.05, 0.1) is 6.61 Å². The summed E-state index contributed by atoms with van der Waals surface area (Å²) in [6, 6.07) is 45.8. The summed E-state index contributed by atoms with van der Waals surface area (Å²) in [5.41, 5.74) is 9.17. The van der Waals surface area contributed by atoms with E-state index in [0.29, 0.717) is 13.2 Å². The molecule has 0 radical (unpaired) electrons. The second-order valence-electron chi connectivity index (χ2n) is 14.4. The summed E-state index contributed by atoms with van der Waals surface area (Å²) >= 11 is 0. The molecule has 0 aromatic heterocycles. The Bertz CT molecular complexity index is 1900. The van der Waals surface area contributed by atoms with Crippen molar-refractivity contribution in [3.8, 4) is 17.2 Å². The number of anilines is 1. The van der Waals surface area contributed by atoms with Gasteiger partial charge >= 0.3 is 0 Å². The van der Waals surface area contributed by atoms with Crippen LogP contribution in [0.5, 0.6) is 17.2 Å². The molecule has 5 aromatic rings. The smallest absolute Gasteiger partial charge is 0.199 e. The third kappa shape index (κ3) is 12.4. The highest BCUT2D eigenvalue weighted by atomic mass is 16.7. The first-order valence-electron chi connectivity index (χ1n) is 20.0. The van der Waals surface area contributed by atoms with Crippen molar-refractivity contribution >= 4 is 17.8 Å². The molecule has 284 valence electrons. The molecule has 3 aliphatic heterocycles. The summed E-state index contributed by atoms with van der Waals surface area (Å²) in [5, 5.41) is 3.38. The van der Waals surface area contributed by atoms with Gasteiger partial charge in [-0.25, -0.2) is 0 Å². The summed E-state index contributed by atoms with van der Waals surface area (Å²) in [7, 11) is 0. The van der Waals surface area contributed by atoms with Gasteiger partial charge in [0.25, 0.3) is 0 Å². The highest BCUT2D eigenvalue weighted by Gasteiger charge is 2.17. The Morgan fingerprint density at radius 1 is 0.564 bits per heavy atom. The second-order valence-corrected chi connectivity index (χ2v) is 14.4. The zero-order chi connectivity index (χ0) is 37.3. The largest absolute Gasteiger partial charge is 0.489 e. The first-order valence-corrected chi connectivity index (χ1v) is 20.0. The lowest BCUT2D eigenvalue weighted by atomic mass is 10.0. The van der Waals surface area contributed by atoms with E-state index < -0.39 is 0 Å². The van der Waals surface area contributed by atoms with E-state index in [2.05, 4.69) is 119 Å². The van der Waals surface area contributed by atoms with Crippen LogP contribution in [0.1, 0.15) is 67.2 Å². The van der Waals surface area contributed by atoms with Crippen molar-refractivity contribution in [2.45, 2.75) is 64.4 Å². The van der Waals surface area contributed by atoms with E-state index >= 15 is 0 Å². The Morgan fingerprint density at radius 3 is 1.58 bits per heavy atom. The van der Waals surface area contributed by atoms with Gasteiger partial charge in [0, 0.05) is 25.2 Å². The zero-order valence-electron chi connectivity index (χ0n) is 31.9. The van der Waals surface area contributed by atoms with Crippen LogP contribution in [-0.4, -0.2) is 39.1 Å². The van der Waals surface area contributed by atoms with Crippen molar-refractivity contribution in [2.24, 2.45) is 0 Å². The number of hydrogen-bond acceptors (Lipinski definition) is 6. The van der Waals surface area contributed by atoms with E-state index in [0.717, 1.165) is 88.6 Å². The molecule has 3 aliphatic rings. The van der Waals surface area contributed by atoms with E-state index in [-0.39, 0.29) is 6.29 Å². The van der Waals surface area contributed by atoms with Crippen molar-refractivity contribution < 1.29 is 18.9 Å². The third-order valence-electron chi connectivity index (χ3n) is 10.3. The molecule has 8 rings (SSSR count). The minimum absolute atomic E-state index is 0.0910. The molecule has 0 amide bonds. The highest BCUT2D eigenvalue weighted by Crippen LogP contribution is 2.28. The van der Waals surface area contributed by atoms with Crippen molar-refractivity contribution in [3.05, 3.63) is 167 Å². The molecular weight excluding hydrogens is 681 g/mol. The van der Waals surface area contributed by atoms with Gasteiger partial charge in [0.2, 0.25) is 0 Å². The molecule has 1 N–H and O–H groups in total. The standard InChI is InChI=1S/C30H33NO3.C19H21NO/c1-2-6-26(7-3-1)23-33-28-13-9-24(10-14-28)22-25-17-19-31(20-18-25)27-11-15-29(16-12-27)34-30-8-4-5-21-32-30;1-2-4-18(5-3-1)15-21-19-8-6-16(7-9-19)14-17-10-12-20-13-11-17/h1-3,6-7,9-16,22,30H,4-5,8,17-21,23H2;1-9,14,20H,10-13,15H2. The van der Waals surface area contributed by atoms with Crippen molar-refractivity contribution in [1.29, 1.82) is 0 Å². The molecule has 0 saturated carbocycles. The van der Waals surface area contributed by atoms with Gasteiger partial charge in [-0.1, -0.05) is 108 Å². The quantitative estimate of drug-likeness (QED) is 0.146. The van der Waals surface area contributed by atoms with Crippen LogP contribution in [0.15, 0.2) is 145 Å². The molecule has 3 heterocycles. The molecule has 6 nitrogen and oxygen atoms in total. The van der Waals surface area contributed by atoms with Gasteiger partial charge in [-0.2, -0.15) is 0 Å². The van der Waals surface area contributed by atoms with Crippen LogP contribution in [0.25, 0.3) is 12.2 Å². The Kier molecular flexibility index (Phi) is 14.1. The lowest BCUT2D eigenvalue weighted by Crippen LogP contribution is -2.30. The predicted molar refractivity (Wildman–Crippen MR) is 225 cm³/mol. The van der Waals surface area contributed by atoms with Crippen LogP contribution in [0.4, 0.5) is 5.69 Å². The van der Waals surface area contributed by atoms with Crippen LogP contribution < -0.4 is 24.4 Å². The maximum Gasteiger partial charge on any atom is 0.199 e. The van der Waals surface area contributed by atoms with Crippen LogP contribution in [0.2, 0.25) is 0 Å². The number of nitrogens with one attached hydrogen (secondary N) is 1. The molecule has 1 unspecified atom stereocenters. The van der Waals surface area contributed by atoms with E-state index in [1.807, 2.05) is 36.4 Å². The fourth-order valence-electron chi connectivity index (χ4n) is 7.05. The van der Waals surface area contributed by atoms with Crippen molar-refractivity contribution in [2.75, 3.05) is 37.7 Å².